The number of aryl methyl sites for hydroxylation is 1. The van der Waals surface area contributed by atoms with Crippen molar-refractivity contribution >= 4 is 22.8 Å². The summed E-state index contributed by atoms with van der Waals surface area (Å²) in [5.74, 6) is -1.13. The zero-order valence-corrected chi connectivity index (χ0v) is 13.4. The third-order valence-corrected chi connectivity index (χ3v) is 3.34. The van der Waals surface area contributed by atoms with E-state index in [-0.39, 0.29) is 25.3 Å². The lowest BCUT2D eigenvalue weighted by atomic mass is 10.1. The Kier molecular flexibility index (Phi) is 5.16. The van der Waals surface area contributed by atoms with Crippen LogP contribution in [0.25, 0.3) is 10.9 Å². The Morgan fingerprint density at radius 1 is 1.13 bits per heavy atom. The van der Waals surface area contributed by atoms with E-state index in [4.69, 9.17) is 9.47 Å². The van der Waals surface area contributed by atoms with E-state index < -0.39 is 17.4 Å². The standard InChI is InChI=1S/C17H19NO5/c1-4-22-15(19)10-18-9-13(17(21)23-5-2)16(20)12-8-11(3)6-7-14(12)18/h6-9H,4-5,10H2,1-3H3. The van der Waals surface area contributed by atoms with Crippen molar-refractivity contribution in [1.29, 1.82) is 0 Å². The minimum atomic E-state index is -0.696. The normalized spacial score (nSPS) is 10.6. The van der Waals surface area contributed by atoms with E-state index in [2.05, 4.69) is 0 Å². The van der Waals surface area contributed by atoms with E-state index in [1.54, 1.807) is 30.5 Å². The van der Waals surface area contributed by atoms with E-state index in [9.17, 15) is 14.4 Å². The van der Waals surface area contributed by atoms with Crippen LogP contribution in [0, 0.1) is 6.92 Å². The number of fused-ring (bicyclic) bond motifs is 1. The molecular formula is C17H19NO5. The predicted octanol–water partition coefficient (Wildman–Crippen LogP) is 2.05. The van der Waals surface area contributed by atoms with Crippen molar-refractivity contribution in [2.75, 3.05) is 13.2 Å². The van der Waals surface area contributed by atoms with Crippen LogP contribution in [-0.4, -0.2) is 29.7 Å². The maximum Gasteiger partial charge on any atom is 0.343 e. The first-order valence-corrected chi connectivity index (χ1v) is 7.44. The maximum absolute atomic E-state index is 12.5. The zero-order valence-electron chi connectivity index (χ0n) is 13.4. The van der Waals surface area contributed by atoms with Gasteiger partial charge >= 0.3 is 11.9 Å². The summed E-state index contributed by atoms with van der Waals surface area (Å²) in [4.78, 5) is 36.3. The van der Waals surface area contributed by atoms with Gasteiger partial charge in [0, 0.05) is 11.6 Å². The second kappa shape index (κ2) is 7.09. The SMILES string of the molecule is CCOC(=O)Cn1cc(C(=O)OCC)c(=O)c2cc(C)ccc21. The minimum Gasteiger partial charge on any atom is -0.465 e. The maximum atomic E-state index is 12.5. The molecule has 2 aromatic rings. The third kappa shape index (κ3) is 3.59. The predicted molar refractivity (Wildman–Crippen MR) is 85.5 cm³/mol. The molecule has 1 heterocycles. The Bertz CT molecular complexity index is 806. The van der Waals surface area contributed by atoms with Crippen LogP contribution in [0.3, 0.4) is 0 Å². The average Bonchev–Trinajstić information content (AvgIpc) is 2.50. The van der Waals surface area contributed by atoms with Crippen LogP contribution in [0.1, 0.15) is 29.8 Å². The van der Waals surface area contributed by atoms with E-state index in [0.29, 0.717) is 10.9 Å². The van der Waals surface area contributed by atoms with Crippen molar-refractivity contribution in [1.82, 2.24) is 4.57 Å². The molecule has 1 aromatic carbocycles. The molecule has 23 heavy (non-hydrogen) atoms. The minimum absolute atomic E-state index is 0.0832. The first kappa shape index (κ1) is 16.7. The van der Waals surface area contributed by atoms with Crippen molar-refractivity contribution in [3.63, 3.8) is 0 Å². The lowest BCUT2D eigenvalue weighted by Gasteiger charge is -2.13. The Morgan fingerprint density at radius 3 is 2.48 bits per heavy atom. The number of rotatable bonds is 5. The number of carbonyl (C=O) groups excluding carboxylic acids is 2. The van der Waals surface area contributed by atoms with Gasteiger partial charge in [-0.1, -0.05) is 11.6 Å². The van der Waals surface area contributed by atoms with Gasteiger partial charge in [0.15, 0.2) is 0 Å². The molecule has 0 spiro atoms. The summed E-state index contributed by atoms with van der Waals surface area (Å²) in [6, 6.07) is 5.29. The van der Waals surface area contributed by atoms with Crippen LogP contribution >= 0.6 is 0 Å². The second-order valence-corrected chi connectivity index (χ2v) is 5.05. The van der Waals surface area contributed by atoms with Crippen LogP contribution in [-0.2, 0) is 20.8 Å². The second-order valence-electron chi connectivity index (χ2n) is 5.05. The van der Waals surface area contributed by atoms with Gasteiger partial charge < -0.3 is 14.0 Å². The highest BCUT2D eigenvalue weighted by Gasteiger charge is 2.17. The number of carbonyl (C=O) groups is 2. The van der Waals surface area contributed by atoms with Crippen molar-refractivity contribution in [3.8, 4) is 0 Å². The molecule has 6 nitrogen and oxygen atoms in total. The molecule has 0 radical (unpaired) electrons. The highest BCUT2D eigenvalue weighted by Crippen LogP contribution is 2.15. The topological polar surface area (TPSA) is 74.6 Å². The van der Waals surface area contributed by atoms with E-state index in [0.717, 1.165) is 5.56 Å². The summed E-state index contributed by atoms with van der Waals surface area (Å²) in [7, 11) is 0. The third-order valence-electron chi connectivity index (χ3n) is 3.34. The fourth-order valence-corrected chi connectivity index (χ4v) is 2.34. The quantitative estimate of drug-likeness (QED) is 0.789. The van der Waals surface area contributed by atoms with Crippen LogP contribution in [0.4, 0.5) is 0 Å². The number of hydrogen-bond donors (Lipinski definition) is 0. The van der Waals surface area contributed by atoms with Crippen molar-refractivity contribution in [3.05, 3.63) is 45.7 Å². The molecule has 0 saturated carbocycles. The van der Waals surface area contributed by atoms with Crippen LogP contribution in [0.5, 0.6) is 0 Å². The zero-order chi connectivity index (χ0) is 17.0. The van der Waals surface area contributed by atoms with Gasteiger partial charge in [-0.05, 0) is 32.9 Å². The number of nitrogens with zero attached hydrogens (tertiary/aromatic N) is 1. The molecule has 0 aliphatic heterocycles. The Morgan fingerprint density at radius 2 is 1.83 bits per heavy atom. The van der Waals surface area contributed by atoms with E-state index in [1.807, 2.05) is 13.0 Å². The fraction of sp³-hybridized carbons (Fsp3) is 0.353. The summed E-state index contributed by atoms with van der Waals surface area (Å²) in [6.45, 7) is 5.59. The molecule has 0 unspecified atom stereocenters. The van der Waals surface area contributed by atoms with Gasteiger partial charge in [0.1, 0.15) is 12.1 Å². The molecule has 0 aliphatic carbocycles. The molecular weight excluding hydrogens is 298 g/mol. The van der Waals surface area contributed by atoms with Gasteiger partial charge in [-0.3, -0.25) is 9.59 Å². The lowest BCUT2D eigenvalue weighted by Crippen LogP contribution is -2.23. The molecule has 6 heteroatoms. The van der Waals surface area contributed by atoms with Crippen LogP contribution in [0.15, 0.2) is 29.2 Å². The molecule has 0 N–H and O–H groups in total. The molecule has 0 amide bonds. The molecule has 0 bridgehead atoms. The Hall–Kier alpha value is -2.63. The molecule has 0 fully saturated rings. The largest absolute Gasteiger partial charge is 0.465 e. The van der Waals surface area contributed by atoms with Crippen molar-refractivity contribution in [2.45, 2.75) is 27.3 Å². The first-order chi connectivity index (χ1) is 11.0. The van der Waals surface area contributed by atoms with Gasteiger partial charge in [0.2, 0.25) is 5.43 Å². The van der Waals surface area contributed by atoms with Gasteiger partial charge in [-0.2, -0.15) is 0 Å². The fourth-order valence-electron chi connectivity index (χ4n) is 2.34. The molecule has 0 saturated heterocycles. The first-order valence-electron chi connectivity index (χ1n) is 7.44. The molecule has 1 aromatic heterocycles. The van der Waals surface area contributed by atoms with E-state index >= 15 is 0 Å². The smallest absolute Gasteiger partial charge is 0.343 e. The average molecular weight is 317 g/mol. The molecule has 0 atom stereocenters. The number of hydrogen-bond acceptors (Lipinski definition) is 5. The number of aromatic nitrogens is 1. The summed E-state index contributed by atoms with van der Waals surface area (Å²) in [5, 5.41) is 0.375. The van der Waals surface area contributed by atoms with Crippen molar-refractivity contribution in [2.24, 2.45) is 0 Å². The molecule has 0 aliphatic rings. The highest BCUT2D eigenvalue weighted by atomic mass is 16.5. The van der Waals surface area contributed by atoms with Crippen molar-refractivity contribution < 1.29 is 19.1 Å². The van der Waals surface area contributed by atoms with Gasteiger partial charge in [-0.25, -0.2) is 4.79 Å². The van der Waals surface area contributed by atoms with Gasteiger partial charge in [0.25, 0.3) is 0 Å². The summed E-state index contributed by atoms with van der Waals surface area (Å²) >= 11 is 0. The molecule has 2 rings (SSSR count). The van der Waals surface area contributed by atoms with Crippen LogP contribution in [0.2, 0.25) is 0 Å². The lowest BCUT2D eigenvalue weighted by molar-refractivity contribution is -0.143. The number of benzene rings is 1. The summed E-state index contributed by atoms with van der Waals surface area (Å²) in [5.41, 5.74) is 0.969. The monoisotopic (exact) mass is 317 g/mol. The molecule has 122 valence electrons. The van der Waals surface area contributed by atoms with Gasteiger partial charge in [-0.15, -0.1) is 0 Å². The summed E-state index contributed by atoms with van der Waals surface area (Å²) in [6.07, 6.45) is 1.36. The van der Waals surface area contributed by atoms with Crippen LogP contribution < -0.4 is 5.43 Å². The summed E-state index contributed by atoms with van der Waals surface area (Å²) < 4.78 is 11.4. The van der Waals surface area contributed by atoms with Gasteiger partial charge in [0.05, 0.1) is 18.7 Å². The Labute approximate surface area is 133 Å². The Balaban J connectivity index is 2.64. The number of ether oxygens (including phenoxy) is 2. The highest BCUT2D eigenvalue weighted by molar-refractivity contribution is 5.94. The van der Waals surface area contributed by atoms with E-state index in [1.165, 1.54) is 6.20 Å². The number of esters is 2. The number of pyridine rings is 1.